The molecule has 1 N–H and O–H groups in total. The molecular formula is C23H30N2O2. The first kappa shape index (κ1) is 19.4. The fourth-order valence-corrected chi connectivity index (χ4v) is 3.52. The highest BCUT2D eigenvalue weighted by Crippen LogP contribution is 2.31. The van der Waals surface area contributed by atoms with Gasteiger partial charge in [0.1, 0.15) is 12.4 Å². The third-order valence-electron chi connectivity index (χ3n) is 5.21. The number of amides is 1. The van der Waals surface area contributed by atoms with Crippen LogP contribution in [0.25, 0.3) is 0 Å². The van der Waals surface area contributed by atoms with Gasteiger partial charge in [0, 0.05) is 19.6 Å². The minimum Gasteiger partial charge on any atom is -0.489 e. The third-order valence-corrected chi connectivity index (χ3v) is 5.21. The third kappa shape index (κ3) is 5.33. The summed E-state index contributed by atoms with van der Waals surface area (Å²) in [6.45, 7) is 8.15. The molecule has 1 heterocycles. The standard InChI is InChI=1S/C23H30N2O2/c1-3-14-24-22(26)23(2)13-15-25(18-23)16-19-9-11-21(12-10-19)27-17-20-7-5-4-6-8-20/h4-12H,3,13-18H2,1-2H3,(H,24,26). The second-order valence-electron chi connectivity index (χ2n) is 7.70. The van der Waals surface area contributed by atoms with Crippen LogP contribution in [0.5, 0.6) is 5.75 Å². The summed E-state index contributed by atoms with van der Waals surface area (Å²) < 4.78 is 5.85. The second-order valence-corrected chi connectivity index (χ2v) is 7.70. The van der Waals surface area contributed by atoms with E-state index >= 15 is 0 Å². The van der Waals surface area contributed by atoms with Crippen LogP contribution in [0.3, 0.4) is 0 Å². The number of likely N-dealkylation sites (tertiary alicyclic amines) is 1. The lowest BCUT2D eigenvalue weighted by Gasteiger charge is -2.23. The van der Waals surface area contributed by atoms with Crippen LogP contribution < -0.4 is 10.1 Å². The minimum atomic E-state index is -0.270. The summed E-state index contributed by atoms with van der Waals surface area (Å²) in [7, 11) is 0. The summed E-state index contributed by atoms with van der Waals surface area (Å²) in [5.41, 5.74) is 2.15. The maximum atomic E-state index is 12.4. The number of carbonyl (C=O) groups is 1. The molecule has 0 aliphatic carbocycles. The second kappa shape index (κ2) is 9.05. The first-order chi connectivity index (χ1) is 13.1. The van der Waals surface area contributed by atoms with Crippen molar-refractivity contribution in [3.05, 3.63) is 65.7 Å². The van der Waals surface area contributed by atoms with E-state index in [4.69, 9.17) is 4.74 Å². The Morgan fingerprint density at radius 2 is 1.85 bits per heavy atom. The Morgan fingerprint density at radius 3 is 2.56 bits per heavy atom. The van der Waals surface area contributed by atoms with Gasteiger partial charge in [0.2, 0.25) is 5.91 Å². The molecule has 1 aliphatic heterocycles. The predicted molar refractivity (Wildman–Crippen MR) is 109 cm³/mol. The number of hydrogen-bond acceptors (Lipinski definition) is 3. The van der Waals surface area contributed by atoms with Gasteiger partial charge in [-0.15, -0.1) is 0 Å². The summed E-state index contributed by atoms with van der Waals surface area (Å²) in [5.74, 6) is 1.07. The van der Waals surface area contributed by atoms with E-state index in [1.165, 1.54) is 11.1 Å². The van der Waals surface area contributed by atoms with E-state index in [9.17, 15) is 4.79 Å². The van der Waals surface area contributed by atoms with Gasteiger partial charge < -0.3 is 10.1 Å². The van der Waals surface area contributed by atoms with Crippen molar-refractivity contribution in [3.8, 4) is 5.75 Å². The van der Waals surface area contributed by atoms with Crippen molar-refractivity contribution in [2.24, 2.45) is 5.41 Å². The van der Waals surface area contributed by atoms with E-state index in [0.29, 0.717) is 6.61 Å². The molecule has 4 nitrogen and oxygen atoms in total. The number of hydrogen-bond donors (Lipinski definition) is 1. The molecule has 0 radical (unpaired) electrons. The van der Waals surface area contributed by atoms with Crippen LogP contribution in [0.2, 0.25) is 0 Å². The largest absolute Gasteiger partial charge is 0.489 e. The minimum absolute atomic E-state index is 0.191. The molecule has 2 aromatic carbocycles. The van der Waals surface area contributed by atoms with E-state index < -0.39 is 0 Å². The van der Waals surface area contributed by atoms with Gasteiger partial charge in [-0.3, -0.25) is 9.69 Å². The Hall–Kier alpha value is -2.33. The molecule has 0 bridgehead atoms. The lowest BCUT2D eigenvalue weighted by molar-refractivity contribution is -0.129. The van der Waals surface area contributed by atoms with Crippen molar-refractivity contribution in [1.29, 1.82) is 0 Å². The topological polar surface area (TPSA) is 41.6 Å². The zero-order valence-corrected chi connectivity index (χ0v) is 16.4. The van der Waals surface area contributed by atoms with E-state index in [0.717, 1.165) is 44.8 Å². The van der Waals surface area contributed by atoms with Crippen LogP contribution in [0.4, 0.5) is 0 Å². The monoisotopic (exact) mass is 366 g/mol. The Labute approximate surface area is 162 Å². The zero-order chi connectivity index (χ0) is 19.1. The van der Waals surface area contributed by atoms with E-state index in [1.54, 1.807) is 0 Å². The van der Waals surface area contributed by atoms with Crippen molar-refractivity contribution in [2.45, 2.75) is 39.8 Å². The van der Waals surface area contributed by atoms with Gasteiger partial charge in [-0.2, -0.15) is 0 Å². The Balaban J connectivity index is 1.49. The van der Waals surface area contributed by atoms with Crippen LogP contribution in [-0.4, -0.2) is 30.4 Å². The van der Waals surface area contributed by atoms with Gasteiger partial charge >= 0.3 is 0 Å². The summed E-state index contributed by atoms with van der Waals surface area (Å²) in [6.07, 6.45) is 1.89. The van der Waals surface area contributed by atoms with Crippen LogP contribution in [0.1, 0.15) is 37.8 Å². The van der Waals surface area contributed by atoms with E-state index in [2.05, 4.69) is 48.3 Å². The van der Waals surface area contributed by atoms with Crippen LogP contribution >= 0.6 is 0 Å². The Morgan fingerprint density at radius 1 is 1.11 bits per heavy atom. The van der Waals surface area contributed by atoms with Crippen molar-refractivity contribution in [2.75, 3.05) is 19.6 Å². The number of ether oxygens (including phenoxy) is 1. The fourth-order valence-electron chi connectivity index (χ4n) is 3.52. The number of nitrogens with one attached hydrogen (secondary N) is 1. The highest BCUT2D eigenvalue weighted by molar-refractivity contribution is 5.82. The fraction of sp³-hybridized carbons (Fsp3) is 0.435. The maximum absolute atomic E-state index is 12.4. The smallest absolute Gasteiger partial charge is 0.227 e. The molecule has 1 atom stereocenters. The molecule has 0 saturated carbocycles. The molecule has 1 saturated heterocycles. The average molecular weight is 367 g/mol. The first-order valence-electron chi connectivity index (χ1n) is 9.85. The van der Waals surface area contributed by atoms with Crippen LogP contribution in [-0.2, 0) is 17.9 Å². The molecule has 3 rings (SSSR count). The molecule has 1 amide bonds. The zero-order valence-electron chi connectivity index (χ0n) is 16.4. The number of carbonyl (C=O) groups excluding carboxylic acids is 1. The predicted octanol–water partition coefficient (Wildman–Crippen LogP) is 4.00. The van der Waals surface area contributed by atoms with Crippen molar-refractivity contribution < 1.29 is 9.53 Å². The van der Waals surface area contributed by atoms with Gasteiger partial charge in [0.25, 0.3) is 0 Å². The van der Waals surface area contributed by atoms with Crippen molar-refractivity contribution >= 4 is 5.91 Å². The summed E-state index contributed by atoms with van der Waals surface area (Å²) in [4.78, 5) is 14.8. The molecule has 1 fully saturated rings. The molecule has 1 aliphatic rings. The SMILES string of the molecule is CCCNC(=O)C1(C)CCN(Cc2ccc(OCc3ccccc3)cc2)C1. The number of benzene rings is 2. The number of nitrogens with zero attached hydrogens (tertiary/aromatic N) is 1. The molecule has 0 spiro atoms. The Bertz CT molecular complexity index is 730. The normalized spacial score (nSPS) is 19.8. The summed E-state index contributed by atoms with van der Waals surface area (Å²) in [6, 6.07) is 18.5. The molecule has 144 valence electrons. The summed E-state index contributed by atoms with van der Waals surface area (Å²) >= 11 is 0. The molecule has 4 heteroatoms. The van der Waals surface area contributed by atoms with Gasteiger partial charge in [-0.05, 0) is 49.6 Å². The molecule has 0 aromatic heterocycles. The Kier molecular flexibility index (Phi) is 6.51. The lowest BCUT2D eigenvalue weighted by atomic mass is 9.88. The van der Waals surface area contributed by atoms with Crippen LogP contribution in [0, 0.1) is 5.41 Å². The van der Waals surface area contributed by atoms with Crippen molar-refractivity contribution in [1.82, 2.24) is 10.2 Å². The van der Waals surface area contributed by atoms with Crippen molar-refractivity contribution in [3.63, 3.8) is 0 Å². The average Bonchev–Trinajstić information content (AvgIpc) is 3.08. The molecular weight excluding hydrogens is 336 g/mol. The summed E-state index contributed by atoms with van der Waals surface area (Å²) in [5, 5.41) is 3.05. The van der Waals surface area contributed by atoms with E-state index in [1.807, 2.05) is 30.3 Å². The highest BCUT2D eigenvalue weighted by atomic mass is 16.5. The van der Waals surface area contributed by atoms with Crippen LogP contribution in [0.15, 0.2) is 54.6 Å². The first-order valence-corrected chi connectivity index (χ1v) is 9.85. The maximum Gasteiger partial charge on any atom is 0.227 e. The molecule has 2 aromatic rings. The highest BCUT2D eigenvalue weighted by Gasteiger charge is 2.39. The van der Waals surface area contributed by atoms with E-state index in [-0.39, 0.29) is 11.3 Å². The van der Waals surface area contributed by atoms with Gasteiger partial charge in [0.05, 0.1) is 5.41 Å². The van der Waals surface area contributed by atoms with Gasteiger partial charge in [0.15, 0.2) is 0 Å². The molecule has 27 heavy (non-hydrogen) atoms. The quantitative estimate of drug-likeness (QED) is 0.768. The van der Waals surface area contributed by atoms with Gasteiger partial charge in [-0.1, -0.05) is 49.4 Å². The lowest BCUT2D eigenvalue weighted by Crippen LogP contribution is -2.41. The molecule has 1 unspecified atom stereocenters. The number of rotatable bonds is 8. The van der Waals surface area contributed by atoms with Gasteiger partial charge in [-0.25, -0.2) is 0 Å².